The Bertz CT molecular complexity index is 385. The van der Waals surface area contributed by atoms with Gasteiger partial charge in [-0.1, -0.05) is 32.0 Å². The van der Waals surface area contributed by atoms with Gasteiger partial charge in [0.15, 0.2) is 0 Å². The SMILES string of the molecule is CC1(C)COc2ccccc2[C@H]1N=CN. The van der Waals surface area contributed by atoms with E-state index in [-0.39, 0.29) is 11.5 Å². The minimum Gasteiger partial charge on any atom is -0.493 e. The summed E-state index contributed by atoms with van der Waals surface area (Å²) in [7, 11) is 0. The molecule has 3 nitrogen and oxygen atoms in total. The molecule has 1 atom stereocenters. The zero-order valence-corrected chi connectivity index (χ0v) is 9.10. The highest BCUT2D eigenvalue weighted by atomic mass is 16.5. The Balaban J connectivity index is 2.48. The molecule has 1 aliphatic heterocycles. The molecule has 0 saturated heterocycles. The van der Waals surface area contributed by atoms with Crippen LogP contribution >= 0.6 is 0 Å². The number of hydrogen-bond donors (Lipinski definition) is 1. The zero-order valence-electron chi connectivity index (χ0n) is 9.10. The molecule has 0 unspecified atom stereocenters. The Kier molecular flexibility index (Phi) is 2.39. The van der Waals surface area contributed by atoms with Crippen molar-refractivity contribution in [2.75, 3.05) is 6.61 Å². The normalized spacial score (nSPS) is 23.5. The number of para-hydroxylation sites is 1. The van der Waals surface area contributed by atoms with E-state index in [0.717, 1.165) is 11.3 Å². The second-order valence-corrected chi connectivity index (χ2v) is 4.52. The van der Waals surface area contributed by atoms with Crippen LogP contribution in [-0.4, -0.2) is 12.9 Å². The second kappa shape index (κ2) is 3.57. The van der Waals surface area contributed by atoms with Crippen molar-refractivity contribution in [3.05, 3.63) is 29.8 Å². The number of fused-ring (bicyclic) bond motifs is 1. The molecule has 0 fully saturated rings. The molecule has 1 heterocycles. The minimum atomic E-state index is -0.00970. The first-order valence-electron chi connectivity index (χ1n) is 5.10. The maximum absolute atomic E-state index is 5.70. The third-order valence-electron chi connectivity index (χ3n) is 2.79. The largest absolute Gasteiger partial charge is 0.493 e. The maximum atomic E-state index is 5.70. The molecule has 80 valence electrons. The highest BCUT2D eigenvalue weighted by Crippen LogP contribution is 2.44. The molecular formula is C12H16N2O. The lowest BCUT2D eigenvalue weighted by molar-refractivity contribution is 0.124. The van der Waals surface area contributed by atoms with Gasteiger partial charge in [-0.2, -0.15) is 0 Å². The van der Waals surface area contributed by atoms with E-state index in [4.69, 9.17) is 10.5 Å². The van der Waals surface area contributed by atoms with E-state index in [9.17, 15) is 0 Å². The van der Waals surface area contributed by atoms with Crippen molar-refractivity contribution >= 4 is 6.34 Å². The second-order valence-electron chi connectivity index (χ2n) is 4.52. The minimum absolute atomic E-state index is 0.00970. The van der Waals surface area contributed by atoms with Crippen LogP contribution in [0.25, 0.3) is 0 Å². The molecule has 0 radical (unpaired) electrons. The van der Waals surface area contributed by atoms with Gasteiger partial charge in [0.05, 0.1) is 19.0 Å². The van der Waals surface area contributed by atoms with Gasteiger partial charge in [0.2, 0.25) is 0 Å². The Labute approximate surface area is 90.0 Å². The van der Waals surface area contributed by atoms with E-state index in [0.29, 0.717) is 6.61 Å². The van der Waals surface area contributed by atoms with E-state index in [1.807, 2.05) is 24.3 Å². The molecule has 2 N–H and O–H groups in total. The summed E-state index contributed by atoms with van der Waals surface area (Å²) < 4.78 is 5.70. The molecule has 15 heavy (non-hydrogen) atoms. The topological polar surface area (TPSA) is 47.6 Å². The lowest BCUT2D eigenvalue weighted by Gasteiger charge is -2.37. The van der Waals surface area contributed by atoms with Crippen LogP contribution in [0.2, 0.25) is 0 Å². The first kappa shape index (κ1) is 10.0. The molecule has 0 aliphatic carbocycles. The summed E-state index contributed by atoms with van der Waals surface area (Å²) in [5.41, 5.74) is 6.52. The summed E-state index contributed by atoms with van der Waals surface area (Å²) in [6.45, 7) is 4.95. The van der Waals surface area contributed by atoms with Crippen LogP contribution in [0, 0.1) is 5.41 Å². The van der Waals surface area contributed by atoms with Crippen LogP contribution in [0.5, 0.6) is 5.75 Å². The molecule has 1 aliphatic rings. The van der Waals surface area contributed by atoms with Crippen LogP contribution in [0.1, 0.15) is 25.5 Å². The molecule has 2 rings (SSSR count). The van der Waals surface area contributed by atoms with Crippen molar-refractivity contribution in [3.8, 4) is 5.75 Å². The highest BCUT2D eigenvalue weighted by molar-refractivity contribution is 5.53. The maximum Gasteiger partial charge on any atom is 0.124 e. The summed E-state index contributed by atoms with van der Waals surface area (Å²) in [5.74, 6) is 0.924. The molecule has 3 heteroatoms. The van der Waals surface area contributed by atoms with Crippen LogP contribution in [0.4, 0.5) is 0 Å². The van der Waals surface area contributed by atoms with Gasteiger partial charge in [-0.25, -0.2) is 0 Å². The average molecular weight is 204 g/mol. The van der Waals surface area contributed by atoms with Gasteiger partial charge in [-0.05, 0) is 6.07 Å². The number of nitrogens with two attached hydrogens (primary N) is 1. The molecular weight excluding hydrogens is 188 g/mol. The molecule has 0 bridgehead atoms. The zero-order chi connectivity index (χ0) is 10.9. The van der Waals surface area contributed by atoms with E-state index >= 15 is 0 Å². The Hall–Kier alpha value is -1.51. The van der Waals surface area contributed by atoms with Crippen molar-refractivity contribution in [1.29, 1.82) is 0 Å². The molecule has 1 aromatic rings. The standard InChI is InChI=1S/C12H16N2O/c1-12(2)7-15-10-6-4-3-5-9(10)11(12)14-8-13/h3-6,8,11H,7H2,1-2H3,(H2,13,14)/t11-/m1/s1. The predicted octanol–water partition coefficient (Wildman–Crippen LogP) is 2.13. The number of aliphatic imine (C=N–C) groups is 1. The summed E-state index contributed by atoms with van der Waals surface area (Å²) >= 11 is 0. The summed E-state index contributed by atoms with van der Waals surface area (Å²) in [5, 5.41) is 0. The third-order valence-corrected chi connectivity index (χ3v) is 2.79. The smallest absolute Gasteiger partial charge is 0.124 e. The van der Waals surface area contributed by atoms with Crippen molar-refractivity contribution in [1.82, 2.24) is 0 Å². The van der Waals surface area contributed by atoms with E-state index in [1.165, 1.54) is 6.34 Å². The highest BCUT2D eigenvalue weighted by Gasteiger charge is 2.36. The summed E-state index contributed by atoms with van der Waals surface area (Å²) in [6, 6.07) is 8.09. The Morgan fingerprint density at radius 3 is 2.93 bits per heavy atom. The van der Waals surface area contributed by atoms with Crippen LogP contribution in [0.3, 0.4) is 0 Å². The number of ether oxygens (including phenoxy) is 1. The number of rotatable bonds is 1. The fourth-order valence-electron chi connectivity index (χ4n) is 1.97. The quantitative estimate of drug-likeness (QED) is 0.562. The van der Waals surface area contributed by atoms with Crippen molar-refractivity contribution in [2.24, 2.45) is 16.1 Å². The van der Waals surface area contributed by atoms with Crippen molar-refractivity contribution in [2.45, 2.75) is 19.9 Å². The van der Waals surface area contributed by atoms with E-state index < -0.39 is 0 Å². The Morgan fingerprint density at radius 1 is 1.47 bits per heavy atom. The molecule has 1 aromatic carbocycles. The van der Waals surface area contributed by atoms with Gasteiger partial charge >= 0.3 is 0 Å². The lowest BCUT2D eigenvalue weighted by atomic mass is 9.79. The van der Waals surface area contributed by atoms with E-state index in [1.54, 1.807) is 0 Å². The fraction of sp³-hybridized carbons (Fsp3) is 0.417. The van der Waals surface area contributed by atoms with E-state index in [2.05, 4.69) is 18.8 Å². The third kappa shape index (κ3) is 1.69. The van der Waals surface area contributed by atoms with Gasteiger partial charge < -0.3 is 10.5 Å². The number of benzene rings is 1. The molecule has 0 amide bonds. The summed E-state index contributed by atoms with van der Waals surface area (Å²) in [4.78, 5) is 4.35. The molecule has 0 spiro atoms. The van der Waals surface area contributed by atoms with Gasteiger partial charge in [0.25, 0.3) is 0 Å². The van der Waals surface area contributed by atoms with Crippen LogP contribution in [0.15, 0.2) is 29.3 Å². The van der Waals surface area contributed by atoms with Crippen LogP contribution < -0.4 is 10.5 Å². The van der Waals surface area contributed by atoms with Gasteiger partial charge in [-0.15, -0.1) is 0 Å². The van der Waals surface area contributed by atoms with Gasteiger partial charge in [0, 0.05) is 11.0 Å². The summed E-state index contributed by atoms with van der Waals surface area (Å²) in [6.07, 6.45) is 1.38. The molecule has 0 saturated carbocycles. The van der Waals surface area contributed by atoms with Crippen LogP contribution in [-0.2, 0) is 0 Å². The fourth-order valence-corrected chi connectivity index (χ4v) is 1.97. The number of hydrogen-bond acceptors (Lipinski definition) is 2. The first-order chi connectivity index (χ1) is 7.15. The van der Waals surface area contributed by atoms with Gasteiger partial charge in [-0.3, -0.25) is 4.99 Å². The Morgan fingerprint density at radius 2 is 2.20 bits per heavy atom. The van der Waals surface area contributed by atoms with Crippen molar-refractivity contribution < 1.29 is 4.74 Å². The van der Waals surface area contributed by atoms with Crippen molar-refractivity contribution in [3.63, 3.8) is 0 Å². The number of nitrogens with zero attached hydrogens (tertiary/aromatic N) is 1. The monoisotopic (exact) mass is 204 g/mol. The predicted molar refractivity (Wildman–Crippen MR) is 61.1 cm³/mol. The first-order valence-corrected chi connectivity index (χ1v) is 5.10. The average Bonchev–Trinajstić information content (AvgIpc) is 2.23. The molecule has 0 aromatic heterocycles. The van der Waals surface area contributed by atoms with Gasteiger partial charge in [0.1, 0.15) is 5.75 Å². The lowest BCUT2D eigenvalue weighted by Crippen LogP contribution is -2.33.